The lowest BCUT2D eigenvalue weighted by atomic mass is 10.2. The molecule has 0 spiro atoms. The number of benzene rings is 1. The molecule has 0 aliphatic rings. The average Bonchev–Trinajstić information content (AvgIpc) is 3.23. The van der Waals surface area contributed by atoms with Gasteiger partial charge in [-0.05, 0) is 19.1 Å². The third kappa shape index (κ3) is 3.99. The number of carbonyl (C=O) groups is 1. The summed E-state index contributed by atoms with van der Waals surface area (Å²) >= 11 is 0. The number of para-hydroxylation sites is 1. The third-order valence-electron chi connectivity index (χ3n) is 4.12. The van der Waals surface area contributed by atoms with E-state index in [1.807, 2.05) is 31.2 Å². The molecule has 3 heterocycles. The van der Waals surface area contributed by atoms with E-state index in [-0.39, 0.29) is 30.2 Å². The van der Waals surface area contributed by atoms with E-state index in [2.05, 4.69) is 40.8 Å². The van der Waals surface area contributed by atoms with Gasteiger partial charge < -0.3 is 9.67 Å². The molecule has 0 saturated heterocycles. The van der Waals surface area contributed by atoms with Gasteiger partial charge in [-0.2, -0.15) is 0 Å². The molecule has 2 amide bonds. The molecule has 3 N–H and O–H groups in total. The van der Waals surface area contributed by atoms with Gasteiger partial charge >= 0.3 is 6.03 Å². The van der Waals surface area contributed by atoms with Crippen molar-refractivity contribution in [1.82, 2.24) is 34.7 Å². The highest BCUT2D eigenvalue weighted by molar-refractivity contribution is 5.98. The quantitative estimate of drug-likeness (QED) is 0.468. The van der Waals surface area contributed by atoms with Crippen molar-refractivity contribution >= 4 is 28.7 Å². The normalized spacial score (nSPS) is 11.9. The Hall–Kier alpha value is -3.99. The van der Waals surface area contributed by atoms with Gasteiger partial charge in [0.05, 0.1) is 18.2 Å². The fourth-order valence-corrected chi connectivity index (χ4v) is 2.63. The molecule has 11 nitrogen and oxygen atoms in total. The lowest BCUT2D eigenvalue weighted by Gasteiger charge is -2.12. The fraction of sp³-hybridized carbons (Fsp3) is 0.167. The molecule has 4 rings (SSSR count). The second kappa shape index (κ2) is 7.94. The summed E-state index contributed by atoms with van der Waals surface area (Å²) in [4.78, 5) is 29.2. The highest BCUT2D eigenvalue weighted by atomic mass is 16.3. The number of aromatic nitrogens is 7. The van der Waals surface area contributed by atoms with E-state index in [1.54, 1.807) is 16.8 Å². The summed E-state index contributed by atoms with van der Waals surface area (Å²) < 4.78 is 1.65. The molecule has 0 saturated carbocycles. The number of urea groups is 1. The molecular weight excluding hydrogens is 374 g/mol. The number of hydrogen-bond donors (Lipinski definition) is 3. The van der Waals surface area contributed by atoms with Gasteiger partial charge in [-0.1, -0.05) is 18.2 Å². The molecule has 11 heteroatoms. The Morgan fingerprint density at radius 2 is 2.03 bits per heavy atom. The van der Waals surface area contributed by atoms with E-state index in [0.29, 0.717) is 5.82 Å². The summed E-state index contributed by atoms with van der Waals surface area (Å²) in [5, 5.41) is 23.3. The summed E-state index contributed by atoms with van der Waals surface area (Å²) in [6.07, 6.45) is 4.62. The number of aliphatic hydroxyl groups excluding tert-OH is 1. The minimum Gasteiger partial charge on any atom is -0.394 e. The van der Waals surface area contributed by atoms with Gasteiger partial charge in [0.25, 0.3) is 0 Å². The number of nitrogens with zero attached hydrogens (tertiary/aromatic N) is 7. The van der Waals surface area contributed by atoms with E-state index in [9.17, 15) is 9.90 Å². The Bertz CT molecular complexity index is 1160. The maximum atomic E-state index is 12.3. The first-order chi connectivity index (χ1) is 14.1. The zero-order valence-electron chi connectivity index (χ0n) is 15.4. The van der Waals surface area contributed by atoms with Crippen LogP contribution in [0.2, 0.25) is 0 Å². The van der Waals surface area contributed by atoms with Crippen molar-refractivity contribution in [2.24, 2.45) is 0 Å². The zero-order chi connectivity index (χ0) is 20.2. The van der Waals surface area contributed by atoms with Gasteiger partial charge in [0, 0.05) is 17.8 Å². The first-order valence-electron chi connectivity index (χ1n) is 8.77. The van der Waals surface area contributed by atoms with E-state index in [1.165, 1.54) is 12.5 Å². The fourth-order valence-electron chi connectivity index (χ4n) is 2.63. The Morgan fingerprint density at radius 1 is 1.17 bits per heavy atom. The standard InChI is InChI=1S/C18H17N9O2/c1-11(9-28)27-10-21-26-16(27)15-19-7-6-14(23-15)24-18(29)25-17-20-8-12-4-2-3-5-13(12)22-17/h2-8,10-11,28H,9H2,1H3,(H2,19,20,22,23,24,25,29)/t11-/m1/s1. The van der Waals surface area contributed by atoms with Crippen LogP contribution in [0.1, 0.15) is 13.0 Å². The van der Waals surface area contributed by atoms with E-state index < -0.39 is 6.03 Å². The topological polar surface area (TPSA) is 144 Å². The third-order valence-corrected chi connectivity index (χ3v) is 4.12. The lowest BCUT2D eigenvalue weighted by molar-refractivity contribution is 0.239. The number of amides is 2. The second-order valence-electron chi connectivity index (χ2n) is 6.19. The zero-order valence-corrected chi connectivity index (χ0v) is 15.4. The van der Waals surface area contributed by atoms with E-state index >= 15 is 0 Å². The molecule has 4 aromatic rings. The number of hydrogen-bond acceptors (Lipinski definition) is 8. The molecule has 146 valence electrons. The van der Waals surface area contributed by atoms with Crippen molar-refractivity contribution in [3.63, 3.8) is 0 Å². The number of carbonyl (C=O) groups excluding carboxylic acids is 1. The molecule has 0 aliphatic heterocycles. The van der Waals surface area contributed by atoms with Crippen LogP contribution in [0.3, 0.4) is 0 Å². The van der Waals surface area contributed by atoms with Crippen LogP contribution in [0.15, 0.2) is 49.1 Å². The van der Waals surface area contributed by atoms with Crippen molar-refractivity contribution in [3.8, 4) is 11.6 Å². The SMILES string of the molecule is C[C@H](CO)n1cnnc1-c1nccc(NC(=O)Nc2ncc3ccccc3n2)n1. The first-order valence-corrected chi connectivity index (χ1v) is 8.77. The van der Waals surface area contributed by atoms with E-state index in [0.717, 1.165) is 10.9 Å². The van der Waals surface area contributed by atoms with Crippen molar-refractivity contribution in [3.05, 3.63) is 49.1 Å². The molecule has 1 aromatic carbocycles. The van der Waals surface area contributed by atoms with Crippen LogP contribution in [0, 0.1) is 0 Å². The van der Waals surface area contributed by atoms with Crippen molar-refractivity contribution < 1.29 is 9.90 Å². The summed E-state index contributed by atoms with van der Waals surface area (Å²) in [6, 6.07) is 8.22. The lowest BCUT2D eigenvalue weighted by Crippen LogP contribution is -2.21. The maximum absolute atomic E-state index is 12.3. The molecule has 29 heavy (non-hydrogen) atoms. The number of aliphatic hydroxyl groups is 1. The summed E-state index contributed by atoms with van der Waals surface area (Å²) in [6.45, 7) is 1.73. The van der Waals surface area contributed by atoms with Crippen LogP contribution in [-0.4, -0.2) is 52.4 Å². The predicted molar refractivity (Wildman–Crippen MR) is 105 cm³/mol. The summed E-state index contributed by atoms with van der Waals surface area (Å²) in [5.41, 5.74) is 0.722. The van der Waals surface area contributed by atoms with Gasteiger partial charge in [0.1, 0.15) is 12.1 Å². The van der Waals surface area contributed by atoms with Crippen LogP contribution in [0.5, 0.6) is 0 Å². The predicted octanol–water partition coefficient (Wildman–Crippen LogP) is 1.88. The monoisotopic (exact) mass is 391 g/mol. The van der Waals surface area contributed by atoms with Crippen LogP contribution in [0.25, 0.3) is 22.6 Å². The van der Waals surface area contributed by atoms with Gasteiger partial charge in [-0.3, -0.25) is 10.6 Å². The van der Waals surface area contributed by atoms with Crippen LogP contribution in [0.4, 0.5) is 16.6 Å². The number of fused-ring (bicyclic) bond motifs is 1. The van der Waals surface area contributed by atoms with Gasteiger partial charge in [0.15, 0.2) is 5.82 Å². The molecule has 0 fully saturated rings. The Morgan fingerprint density at radius 3 is 2.90 bits per heavy atom. The summed E-state index contributed by atoms with van der Waals surface area (Å²) in [5.74, 6) is 1.09. The van der Waals surface area contributed by atoms with Crippen molar-refractivity contribution in [2.75, 3.05) is 17.2 Å². The Balaban J connectivity index is 1.50. The molecule has 0 aliphatic carbocycles. The molecular formula is C18H17N9O2. The summed E-state index contributed by atoms with van der Waals surface area (Å²) in [7, 11) is 0. The number of rotatable bonds is 5. The first kappa shape index (κ1) is 18.4. The number of anilines is 2. The minimum absolute atomic E-state index is 0.0862. The molecule has 1 atom stereocenters. The Kier molecular flexibility index (Phi) is 5.03. The Labute approximate surface area is 164 Å². The van der Waals surface area contributed by atoms with Gasteiger partial charge in [-0.25, -0.2) is 24.7 Å². The molecule has 0 radical (unpaired) electrons. The smallest absolute Gasteiger partial charge is 0.327 e. The molecule has 0 unspecified atom stereocenters. The highest BCUT2D eigenvalue weighted by Crippen LogP contribution is 2.18. The van der Waals surface area contributed by atoms with Crippen LogP contribution in [-0.2, 0) is 0 Å². The highest BCUT2D eigenvalue weighted by Gasteiger charge is 2.15. The van der Waals surface area contributed by atoms with Crippen molar-refractivity contribution in [1.29, 1.82) is 0 Å². The van der Waals surface area contributed by atoms with E-state index in [4.69, 9.17) is 0 Å². The number of nitrogens with one attached hydrogen (secondary N) is 2. The molecule has 0 bridgehead atoms. The van der Waals surface area contributed by atoms with Crippen LogP contribution < -0.4 is 10.6 Å². The maximum Gasteiger partial charge on any atom is 0.327 e. The molecule has 3 aromatic heterocycles. The van der Waals surface area contributed by atoms with Gasteiger partial charge in [0.2, 0.25) is 11.8 Å². The average molecular weight is 391 g/mol. The minimum atomic E-state index is -0.546. The van der Waals surface area contributed by atoms with Crippen LogP contribution >= 0.6 is 0 Å². The largest absolute Gasteiger partial charge is 0.394 e. The second-order valence-corrected chi connectivity index (χ2v) is 6.19. The van der Waals surface area contributed by atoms with Gasteiger partial charge in [-0.15, -0.1) is 10.2 Å². The van der Waals surface area contributed by atoms with Crippen molar-refractivity contribution in [2.45, 2.75) is 13.0 Å².